The van der Waals surface area contributed by atoms with E-state index in [4.69, 9.17) is 19.8 Å². The van der Waals surface area contributed by atoms with Crippen LogP contribution in [0.5, 0.6) is 0 Å². The van der Waals surface area contributed by atoms with Crippen molar-refractivity contribution in [2.24, 2.45) is 0 Å². The Kier molecular flexibility index (Phi) is 4.95. The van der Waals surface area contributed by atoms with Crippen LogP contribution in [0.25, 0.3) is 0 Å². The van der Waals surface area contributed by atoms with Crippen molar-refractivity contribution < 1.29 is 57.5 Å². The smallest absolute Gasteiger partial charge is 0.505 e. The van der Waals surface area contributed by atoms with E-state index in [-0.39, 0.29) is 0 Å². The number of hydrogen-bond acceptors (Lipinski definition) is 9. The predicted octanol–water partition coefficient (Wildman–Crippen LogP) is -1.74. The zero-order chi connectivity index (χ0) is 15.7. The third-order valence-corrected chi connectivity index (χ3v) is 3.96. The number of phosphoric acid groups is 2. The lowest BCUT2D eigenvalue weighted by atomic mass is 10.2. The fourth-order valence-electron chi connectivity index (χ4n) is 1.17. The van der Waals surface area contributed by atoms with Crippen LogP contribution in [0, 0.1) is 0 Å². The van der Waals surface area contributed by atoms with E-state index in [1.807, 2.05) is 0 Å². The van der Waals surface area contributed by atoms with E-state index in [0.717, 1.165) is 0 Å². The van der Waals surface area contributed by atoms with Gasteiger partial charge in [-0.25, -0.2) is 13.9 Å². The van der Waals surface area contributed by atoms with Crippen LogP contribution in [0.2, 0.25) is 0 Å². The number of aliphatic hydroxyl groups is 3. The number of hydrogen-bond donors (Lipinski definition) is 6. The zero-order valence-corrected chi connectivity index (χ0v) is 11.2. The summed E-state index contributed by atoms with van der Waals surface area (Å²) in [6, 6.07) is 0. The summed E-state index contributed by atoms with van der Waals surface area (Å²) in [5.41, 5.74) is 0. The SMILES string of the molecule is O=C1O[C@H]([C@@H](O)CO)C(O)=C1OP(=O)(O)OP(=O)(O)O. The van der Waals surface area contributed by atoms with E-state index in [1.165, 1.54) is 0 Å². The molecule has 3 atom stereocenters. The Balaban J connectivity index is 2.96. The van der Waals surface area contributed by atoms with Crippen LogP contribution in [-0.2, 0) is 27.5 Å². The molecule has 14 heteroatoms. The maximum atomic E-state index is 11.2. The second-order valence-electron chi connectivity index (χ2n) is 3.42. The van der Waals surface area contributed by atoms with Crippen LogP contribution in [0.3, 0.4) is 0 Å². The number of esters is 1. The van der Waals surface area contributed by atoms with Gasteiger partial charge in [-0.05, 0) is 0 Å². The Morgan fingerprint density at radius 3 is 2.30 bits per heavy atom. The van der Waals surface area contributed by atoms with Crippen molar-refractivity contribution in [3.05, 3.63) is 11.5 Å². The molecule has 6 N–H and O–H groups in total. The molecule has 116 valence electrons. The van der Waals surface area contributed by atoms with E-state index >= 15 is 0 Å². The largest absolute Gasteiger partial charge is 0.536 e. The lowest BCUT2D eigenvalue weighted by molar-refractivity contribution is -0.147. The first-order valence-corrected chi connectivity index (χ1v) is 7.71. The average molecular weight is 336 g/mol. The molecule has 0 radical (unpaired) electrons. The number of ether oxygens (including phenoxy) is 1. The molecule has 0 aromatic rings. The summed E-state index contributed by atoms with van der Waals surface area (Å²) in [5, 5.41) is 27.2. The molecule has 12 nitrogen and oxygen atoms in total. The van der Waals surface area contributed by atoms with Gasteiger partial charge in [0.05, 0.1) is 6.61 Å². The quantitative estimate of drug-likeness (QED) is 0.236. The molecule has 0 aromatic heterocycles. The number of rotatable bonds is 6. The monoisotopic (exact) mass is 336 g/mol. The van der Waals surface area contributed by atoms with Gasteiger partial charge < -0.3 is 34.4 Å². The first-order chi connectivity index (χ1) is 8.97. The second-order valence-corrected chi connectivity index (χ2v) is 6.18. The Hall–Kier alpha value is -0.970. The van der Waals surface area contributed by atoms with Crippen molar-refractivity contribution in [2.75, 3.05) is 6.61 Å². The third-order valence-electron chi connectivity index (χ3n) is 1.87. The van der Waals surface area contributed by atoms with Crippen LogP contribution in [-0.4, -0.2) is 54.8 Å². The molecule has 20 heavy (non-hydrogen) atoms. The van der Waals surface area contributed by atoms with E-state index in [1.54, 1.807) is 0 Å². The highest BCUT2D eigenvalue weighted by molar-refractivity contribution is 7.60. The molecule has 0 aromatic carbocycles. The van der Waals surface area contributed by atoms with Gasteiger partial charge in [0.2, 0.25) is 0 Å². The van der Waals surface area contributed by atoms with Crippen molar-refractivity contribution in [3.63, 3.8) is 0 Å². The lowest BCUT2D eigenvalue weighted by Crippen LogP contribution is -2.31. The molecule has 1 heterocycles. The molecule has 0 aliphatic carbocycles. The molecule has 1 aliphatic rings. The Labute approximate surface area is 110 Å². The molecular formula is C6H10O12P2. The van der Waals surface area contributed by atoms with Gasteiger partial charge in [-0.1, -0.05) is 0 Å². The number of aliphatic hydroxyl groups excluding tert-OH is 3. The Morgan fingerprint density at radius 1 is 1.30 bits per heavy atom. The fourth-order valence-corrected chi connectivity index (χ4v) is 2.77. The lowest BCUT2D eigenvalue weighted by Gasteiger charge is -2.14. The van der Waals surface area contributed by atoms with Gasteiger partial charge in [-0.2, -0.15) is 4.31 Å². The van der Waals surface area contributed by atoms with Gasteiger partial charge in [-0.3, -0.25) is 4.89 Å². The minimum atomic E-state index is -5.43. The normalized spacial score (nSPS) is 24.2. The summed E-state index contributed by atoms with van der Waals surface area (Å²) in [6.07, 6.45) is -3.49. The highest BCUT2D eigenvalue weighted by Crippen LogP contribution is 2.59. The van der Waals surface area contributed by atoms with Crippen molar-refractivity contribution >= 4 is 21.6 Å². The minimum absolute atomic E-state index is 0.912. The highest BCUT2D eigenvalue weighted by atomic mass is 31.3. The number of phosphoric ester groups is 1. The summed E-state index contributed by atoms with van der Waals surface area (Å²) in [7, 11) is -10.8. The van der Waals surface area contributed by atoms with Gasteiger partial charge in [0, 0.05) is 0 Å². The van der Waals surface area contributed by atoms with Gasteiger partial charge in [-0.15, -0.1) is 0 Å². The summed E-state index contributed by atoms with van der Waals surface area (Å²) >= 11 is 0. The molecule has 0 fully saturated rings. The first-order valence-electron chi connectivity index (χ1n) is 4.69. The molecule has 1 aliphatic heterocycles. The topological polar surface area (TPSA) is 200 Å². The molecule has 0 spiro atoms. The van der Waals surface area contributed by atoms with Gasteiger partial charge in [0.15, 0.2) is 11.9 Å². The van der Waals surface area contributed by atoms with Gasteiger partial charge in [0.1, 0.15) is 6.10 Å². The van der Waals surface area contributed by atoms with Crippen LogP contribution in [0.15, 0.2) is 11.5 Å². The number of cyclic esters (lactones) is 1. The summed E-state index contributed by atoms with van der Waals surface area (Å²) in [4.78, 5) is 36.9. The maximum Gasteiger partial charge on any atom is 0.536 e. The van der Waals surface area contributed by atoms with Crippen molar-refractivity contribution in [2.45, 2.75) is 12.2 Å². The number of carbonyl (C=O) groups excluding carboxylic acids is 1. The van der Waals surface area contributed by atoms with Crippen LogP contribution in [0.1, 0.15) is 0 Å². The molecule has 0 saturated carbocycles. The van der Waals surface area contributed by atoms with E-state index in [0.29, 0.717) is 0 Å². The van der Waals surface area contributed by atoms with Crippen molar-refractivity contribution in [1.29, 1.82) is 0 Å². The van der Waals surface area contributed by atoms with Crippen LogP contribution < -0.4 is 0 Å². The highest BCUT2D eigenvalue weighted by Gasteiger charge is 2.45. The molecule has 0 amide bonds. The minimum Gasteiger partial charge on any atom is -0.505 e. The molecule has 1 unspecified atom stereocenters. The fraction of sp³-hybridized carbons (Fsp3) is 0.500. The molecule has 1 rings (SSSR count). The average Bonchev–Trinajstić information content (AvgIpc) is 2.52. The second kappa shape index (κ2) is 5.80. The predicted molar refractivity (Wildman–Crippen MR) is 56.7 cm³/mol. The summed E-state index contributed by atoms with van der Waals surface area (Å²) < 4.78 is 33.3. The summed E-state index contributed by atoms with van der Waals surface area (Å²) in [6.45, 7) is -0.912. The first kappa shape index (κ1) is 17.1. The van der Waals surface area contributed by atoms with Crippen molar-refractivity contribution in [3.8, 4) is 0 Å². The van der Waals surface area contributed by atoms with Crippen molar-refractivity contribution in [1.82, 2.24) is 0 Å². The summed E-state index contributed by atoms with van der Waals surface area (Å²) in [5.74, 6) is -3.91. The zero-order valence-electron chi connectivity index (χ0n) is 9.39. The standard InChI is InChI=1S/C6H10O12P2/c7-1-2(8)4-3(9)5(6(10)16-4)17-20(14,15)18-19(11,12)13/h2,4,7-9H,1H2,(H,14,15)(H2,11,12,13)/t2-,4+/m0/s1. The molecular weight excluding hydrogens is 326 g/mol. The Bertz CT molecular complexity index is 518. The Morgan fingerprint density at radius 2 is 1.85 bits per heavy atom. The molecule has 0 bridgehead atoms. The van der Waals surface area contributed by atoms with E-state index in [9.17, 15) is 24.1 Å². The van der Waals surface area contributed by atoms with E-state index in [2.05, 4.69) is 13.6 Å². The van der Waals surface area contributed by atoms with Crippen LogP contribution >= 0.6 is 15.6 Å². The van der Waals surface area contributed by atoms with Crippen LogP contribution in [0.4, 0.5) is 0 Å². The maximum absolute atomic E-state index is 11.2. The van der Waals surface area contributed by atoms with E-state index < -0.39 is 51.9 Å². The number of carbonyl (C=O) groups is 1. The third kappa shape index (κ3) is 4.27. The van der Waals surface area contributed by atoms with Gasteiger partial charge >= 0.3 is 21.6 Å². The molecule has 0 saturated heterocycles. The van der Waals surface area contributed by atoms with Gasteiger partial charge in [0.25, 0.3) is 5.76 Å².